The van der Waals surface area contributed by atoms with E-state index in [-0.39, 0.29) is 12.1 Å². The number of rotatable bonds is 4. The average Bonchev–Trinajstić information content (AvgIpc) is 2.18. The second kappa shape index (κ2) is 5.00. The lowest BCUT2D eigenvalue weighted by Gasteiger charge is -2.05. The number of halogens is 3. The molecular weight excluding hydrogens is 191 g/mol. The molecule has 0 saturated heterocycles. The molecule has 1 N–H and O–H groups in total. The van der Waals surface area contributed by atoms with Gasteiger partial charge >= 0.3 is 0 Å². The molecule has 1 nitrogen and oxygen atoms in total. The van der Waals surface area contributed by atoms with Gasteiger partial charge in [-0.2, -0.15) is 0 Å². The number of hydrogen-bond acceptors (Lipinski definition) is 1. The Hall–Kier alpha value is -1.03. The standard InChI is InChI=1S/C10H12F3N/c1-2-5-14-6-7-3-4-8(11)10(13)9(7)12/h3-4,14H,2,5-6H2,1H3. The monoisotopic (exact) mass is 203 g/mol. The zero-order valence-corrected chi connectivity index (χ0v) is 7.91. The SMILES string of the molecule is CCCNCc1ccc(F)c(F)c1F. The summed E-state index contributed by atoms with van der Waals surface area (Å²) < 4.78 is 38.3. The van der Waals surface area contributed by atoms with Gasteiger partial charge in [0.1, 0.15) is 0 Å². The van der Waals surface area contributed by atoms with E-state index < -0.39 is 17.5 Å². The van der Waals surface area contributed by atoms with Crippen LogP contribution < -0.4 is 5.32 Å². The van der Waals surface area contributed by atoms with E-state index in [0.29, 0.717) is 0 Å². The number of hydrogen-bond donors (Lipinski definition) is 1. The van der Waals surface area contributed by atoms with E-state index in [1.807, 2.05) is 6.92 Å². The van der Waals surface area contributed by atoms with Crippen LogP contribution in [0, 0.1) is 17.5 Å². The maximum absolute atomic E-state index is 13.0. The quantitative estimate of drug-likeness (QED) is 0.586. The zero-order valence-electron chi connectivity index (χ0n) is 7.91. The molecule has 78 valence electrons. The van der Waals surface area contributed by atoms with E-state index in [0.717, 1.165) is 19.0 Å². The highest BCUT2D eigenvalue weighted by molar-refractivity contribution is 5.20. The van der Waals surface area contributed by atoms with Gasteiger partial charge in [0.05, 0.1) is 0 Å². The molecule has 0 aliphatic carbocycles. The third-order valence-electron chi connectivity index (χ3n) is 1.86. The van der Waals surface area contributed by atoms with Crippen LogP contribution >= 0.6 is 0 Å². The van der Waals surface area contributed by atoms with Crippen LogP contribution in [0.1, 0.15) is 18.9 Å². The third-order valence-corrected chi connectivity index (χ3v) is 1.86. The van der Waals surface area contributed by atoms with Crippen molar-refractivity contribution in [2.24, 2.45) is 0 Å². The van der Waals surface area contributed by atoms with Gasteiger partial charge < -0.3 is 5.32 Å². The molecule has 0 aromatic heterocycles. The largest absolute Gasteiger partial charge is 0.313 e. The lowest BCUT2D eigenvalue weighted by Crippen LogP contribution is -2.15. The minimum Gasteiger partial charge on any atom is -0.313 e. The Kier molecular flexibility index (Phi) is 3.95. The van der Waals surface area contributed by atoms with Crippen molar-refractivity contribution in [1.29, 1.82) is 0 Å². The molecule has 1 rings (SSSR count). The molecule has 0 fully saturated rings. The second-order valence-electron chi connectivity index (χ2n) is 3.01. The first kappa shape index (κ1) is 11.0. The minimum absolute atomic E-state index is 0.150. The fourth-order valence-corrected chi connectivity index (χ4v) is 1.10. The van der Waals surface area contributed by atoms with Crippen LogP contribution in [0.5, 0.6) is 0 Å². The maximum atomic E-state index is 13.0. The van der Waals surface area contributed by atoms with E-state index in [4.69, 9.17) is 0 Å². The fourth-order valence-electron chi connectivity index (χ4n) is 1.10. The van der Waals surface area contributed by atoms with Crippen molar-refractivity contribution >= 4 is 0 Å². The predicted molar refractivity (Wildman–Crippen MR) is 48.3 cm³/mol. The van der Waals surface area contributed by atoms with Crippen LogP contribution in [0.3, 0.4) is 0 Å². The summed E-state index contributed by atoms with van der Waals surface area (Å²) in [4.78, 5) is 0. The van der Waals surface area contributed by atoms with Gasteiger partial charge in [0.15, 0.2) is 17.5 Å². The first-order chi connectivity index (χ1) is 6.66. The fraction of sp³-hybridized carbons (Fsp3) is 0.400. The Labute approximate surface area is 80.9 Å². The molecule has 14 heavy (non-hydrogen) atoms. The molecule has 0 aliphatic heterocycles. The Morgan fingerprint density at radius 2 is 1.86 bits per heavy atom. The lowest BCUT2D eigenvalue weighted by atomic mass is 10.2. The summed E-state index contributed by atoms with van der Waals surface area (Å²) in [6, 6.07) is 2.18. The van der Waals surface area contributed by atoms with Crippen molar-refractivity contribution in [3.05, 3.63) is 35.1 Å². The van der Waals surface area contributed by atoms with Gasteiger partial charge in [0.2, 0.25) is 0 Å². The van der Waals surface area contributed by atoms with E-state index >= 15 is 0 Å². The van der Waals surface area contributed by atoms with Crippen molar-refractivity contribution in [2.75, 3.05) is 6.54 Å². The summed E-state index contributed by atoms with van der Waals surface area (Å²) in [5.74, 6) is -3.66. The van der Waals surface area contributed by atoms with Crippen molar-refractivity contribution < 1.29 is 13.2 Å². The molecule has 0 radical (unpaired) electrons. The predicted octanol–water partition coefficient (Wildman–Crippen LogP) is 2.60. The molecule has 0 saturated carbocycles. The molecule has 0 bridgehead atoms. The highest BCUT2D eigenvalue weighted by Crippen LogP contribution is 2.14. The summed E-state index contributed by atoms with van der Waals surface area (Å²) in [6.07, 6.45) is 0.908. The maximum Gasteiger partial charge on any atom is 0.194 e. The van der Waals surface area contributed by atoms with Crippen molar-refractivity contribution in [3.8, 4) is 0 Å². The number of benzene rings is 1. The van der Waals surface area contributed by atoms with Gasteiger partial charge in [0, 0.05) is 12.1 Å². The number of nitrogens with one attached hydrogen (secondary N) is 1. The van der Waals surface area contributed by atoms with Crippen molar-refractivity contribution in [3.63, 3.8) is 0 Å². The van der Waals surface area contributed by atoms with Crippen molar-refractivity contribution in [2.45, 2.75) is 19.9 Å². The van der Waals surface area contributed by atoms with E-state index in [1.165, 1.54) is 6.07 Å². The van der Waals surface area contributed by atoms with Crippen LogP contribution in [-0.4, -0.2) is 6.54 Å². The Bertz CT molecular complexity index is 312. The van der Waals surface area contributed by atoms with Gasteiger partial charge in [-0.15, -0.1) is 0 Å². The van der Waals surface area contributed by atoms with Gasteiger partial charge in [-0.05, 0) is 19.0 Å². The second-order valence-corrected chi connectivity index (χ2v) is 3.01. The summed E-state index contributed by atoms with van der Waals surface area (Å²) in [6.45, 7) is 2.91. The van der Waals surface area contributed by atoms with Gasteiger partial charge in [-0.25, -0.2) is 13.2 Å². The molecule has 0 atom stereocenters. The topological polar surface area (TPSA) is 12.0 Å². The molecule has 0 unspecified atom stereocenters. The van der Waals surface area contributed by atoms with Crippen LogP contribution in [0.4, 0.5) is 13.2 Å². The van der Waals surface area contributed by atoms with Crippen LogP contribution in [0.2, 0.25) is 0 Å². The van der Waals surface area contributed by atoms with E-state index in [1.54, 1.807) is 0 Å². The molecule has 1 aromatic carbocycles. The molecule has 0 amide bonds. The Morgan fingerprint density at radius 3 is 2.50 bits per heavy atom. The van der Waals surface area contributed by atoms with Gasteiger partial charge in [0.25, 0.3) is 0 Å². The molecular formula is C10H12F3N. The van der Waals surface area contributed by atoms with E-state index in [2.05, 4.69) is 5.32 Å². The first-order valence-electron chi connectivity index (χ1n) is 4.50. The summed E-state index contributed by atoms with van der Waals surface area (Å²) in [7, 11) is 0. The summed E-state index contributed by atoms with van der Waals surface area (Å²) >= 11 is 0. The van der Waals surface area contributed by atoms with Gasteiger partial charge in [-0.1, -0.05) is 13.0 Å². The van der Waals surface area contributed by atoms with Crippen molar-refractivity contribution in [1.82, 2.24) is 5.32 Å². The van der Waals surface area contributed by atoms with E-state index in [9.17, 15) is 13.2 Å². The molecule has 1 aromatic rings. The Morgan fingerprint density at radius 1 is 1.14 bits per heavy atom. The highest BCUT2D eigenvalue weighted by Gasteiger charge is 2.12. The highest BCUT2D eigenvalue weighted by atomic mass is 19.2. The third kappa shape index (κ3) is 2.48. The molecule has 0 heterocycles. The van der Waals surface area contributed by atoms with Crippen LogP contribution in [0.25, 0.3) is 0 Å². The minimum atomic E-state index is -1.40. The Balaban J connectivity index is 2.73. The molecule has 0 aliphatic rings. The average molecular weight is 203 g/mol. The molecule has 4 heteroatoms. The summed E-state index contributed by atoms with van der Waals surface area (Å²) in [5.41, 5.74) is 0.150. The lowest BCUT2D eigenvalue weighted by molar-refractivity contribution is 0.438. The van der Waals surface area contributed by atoms with Gasteiger partial charge in [-0.3, -0.25) is 0 Å². The smallest absolute Gasteiger partial charge is 0.194 e. The summed E-state index contributed by atoms with van der Waals surface area (Å²) in [5, 5.41) is 2.91. The van der Waals surface area contributed by atoms with Crippen LogP contribution in [-0.2, 0) is 6.54 Å². The first-order valence-corrected chi connectivity index (χ1v) is 4.50. The normalized spacial score (nSPS) is 10.6. The zero-order chi connectivity index (χ0) is 10.6. The van der Waals surface area contributed by atoms with Crippen LogP contribution in [0.15, 0.2) is 12.1 Å². The molecule has 0 spiro atoms.